The Labute approximate surface area is 84.3 Å². The first-order valence-electron chi connectivity index (χ1n) is 5.09. The lowest BCUT2D eigenvalue weighted by Crippen LogP contribution is -3.20. The minimum Gasteiger partial charge on any atom is -0.466 e. The van der Waals surface area contributed by atoms with E-state index in [0.717, 1.165) is 0 Å². The third-order valence-electron chi connectivity index (χ3n) is 3.31. The Morgan fingerprint density at radius 1 is 1.43 bits per heavy atom. The summed E-state index contributed by atoms with van der Waals surface area (Å²) in [5.74, 6) is 0. The van der Waals surface area contributed by atoms with E-state index in [1.807, 2.05) is 18.5 Å². The molecule has 3 rings (SSSR count). The molecule has 0 unspecified atom stereocenters. The average molecular weight is 189 g/mol. The lowest BCUT2D eigenvalue weighted by molar-refractivity contribution is -0.921. The minimum absolute atomic E-state index is 0.590. The SMILES string of the molecule is [CH2-][NH+]1CC2(CN(c3cccnc3)C2)C1. The highest BCUT2D eigenvalue weighted by molar-refractivity contribution is 5.47. The Balaban J connectivity index is 1.65. The van der Waals surface area contributed by atoms with E-state index in [1.165, 1.54) is 36.8 Å². The van der Waals surface area contributed by atoms with E-state index in [9.17, 15) is 0 Å². The second-order valence-electron chi connectivity index (χ2n) is 4.67. The van der Waals surface area contributed by atoms with E-state index in [2.05, 4.69) is 23.0 Å². The number of hydrogen-bond donors (Lipinski definition) is 1. The lowest BCUT2D eigenvalue weighted by atomic mass is 9.73. The molecule has 3 heterocycles. The Bertz CT molecular complexity index is 322. The number of hydrogen-bond acceptors (Lipinski definition) is 2. The molecular formula is C11H15N3. The summed E-state index contributed by atoms with van der Waals surface area (Å²) in [4.78, 5) is 7.96. The van der Waals surface area contributed by atoms with Crippen LogP contribution in [0.2, 0.25) is 0 Å². The van der Waals surface area contributed by atoms with Crippen LogP contribution >= 0.6 is 0 Å². The van der Waals surface area contributed by atoms with Crippen LogP contribution in [-0.4, -0.2) is 31.2 Å². The fourth-order valence-electron chi connectivity index (χ4n) is 2.72. The first-order chi connectivity index (χ1) is 6.77. The monoisotopic (exact) mass is 189 g/mol. The number of rotatable bonds is 1. The van der Waals surface area contributed by atoms with Gasteiger partial charge in [0.2, 0.25) is 0 Å². The van der Waals surface area contributed by atoms with Gasteiger partial charge < -0.3 is 9.80 Å². The van der Waals surface area contributed by atoms with Gasteiger partial charge in [-0.05, 0) is 12.1 Å². The predicted octanol–water partition coefficient (Wildman–Crippen LogP) is -0.422. The van der Waals surface area contributed by atoms with Gasteiger partial charge in [0.15, 0.2) is 0 Å². The molecule has 0 amide bonds. The van der Waals surface area contributed by atoms with Gasteiger partial charge in [-0.1, -0.05) is 0 Å². The maximum Gasteiger partial charge on any atom is 0.0986 e. The summed E-state index contributed by atoms with van der Waals surface area (Å²) in [5, 5.41) is 0. The van der Waals surface area contributed by atoms with Crippen LogP contribution in [0, 0.1) is 12.5 Å². The van der Waals surface area contributed by atoms with E-state index in [0.29, 0.717) is 5.41 Å². The van der Waals surface area contributed by atoms with Gasteiger partial charge in [-0.15, -0.1) is 0 Å². The highest BCUT2D eigenvalue weighted by Crippen LogP contribution is 2.34. The smallest absolute Gasteiger partial charge is 0.0986 e. The molecule has 1 N–H and O–H groups in total. The van der Waals surface area contributed by atoms with Crippen LogP contribution in [0.4, 0.5) is 5.69 Å². The van der Waals surface area contributed by atoms with Crippen LogP contribution in [0.25, 0.3) is 0 Å². The van der Waals surface area contributed by atoms with Crippen molar-refractivity contribution in [3.8, 4) is 0 Å². The van der Waals surface area contributed by atoms with Crippen molar-refractivity contribution < 1.29 is 4.90 Å². The molecule has 1 aromatic heterocycles. The molecule has 0 radical (unpaired) electrons. The second-order valence-corrected chi connectivity index (χ2v) is 4.67. The van der Waals surface area contributed by atoms with E-state index < -0.39 is 0 Å². The molecule has 2 aliphatic heterocycles. The lowest BCUT2D eigenvalue weighted by Gasteiger charge is -2.59. The highest BCUT2D eigenvalue weighted by Gasteiger charge is 2.52. The zero-order valence-electron chi connectivity index (χ0n) is 8.24. The van der Waals surface area contributed by atoms with Gasteiger partial charge in [-0.2, -0.15) is 7.05 Å². The molecule has 3 nitrogen and oxygen atoms in total. The van der Waals surface area contributed by atoms with E-state index in [-0.39, 0.29) is 0 Å². The topological polar surface area (TPSA) is 20.6 Å². The summed E-state index contributed by atoms with van der Waals surface area (Å²) in [6.45, 7) is 4.86. The maximum absolute atomic E-state index is 4.13. The normalized spacial score (nSPS) is 24.5. The Hall–Kier alpha value is -1.09. The van der Waals surface area contributed by atoms with Gasteiger partial charge in [0.25, 0.3) is 0 Å². The largest absolute Gasteiger partial charge is 0.466 e. The van der Waals surface area contributed by atoms with Crippen LogP contribution in [0.1, 0.15) is 0 Å². The summed E-state index contributed by atoms with van der Waals surface area (Å²) in [6, 6.07) is 4.13. The van der Waals surface area contributed by atoms with Gasteiger partial charge in [-0.3, -0.25) is 4.98 Å². The molecule has 74 valence electrons. The Morgan fingerprint density at radius 2 is 2.21 bits per heavy atom. The molecular weight excluding hydrogens is 174 g/mol. The molecule has 0 bridgehead atoms. The average Bonchev–Trinajstić information content (AvgIpc) is 2.10. The molecule has 1 aromatic rings. The molecule has 3 heteroatoms. The quantitative estimate of drug-likeness (QED) is 0.606. The predicted molar refractivity (Wildman–Crippen MR) is 54.9 cm³/mol. The van der Waals surface area contributed by atoms with E-state index in [1.54, 1.807) is 0 Å². The summed E-state index contributed by atoms with van der Waals surface area (Å²) in [7, 11) is 4.00. The van der Waals surface area contributed by atoms with Crippen LogP contribution in [-0.2, 0) is 0 Å². The van der Waals surface area contributed by atoms with Gasteiger partial charge >= 0.3 is 0 Å². The molecule has 2 fully saturated rings. The van der Waals surface area contributed by atoms with Crippen molar-refractivity contribution in [2.24, 2.45) is 5.41 Å². The molecule has 0 aliphatic carbocycles. The van der Waals surface area contributed by atoms with Crippen LogP contribution in [0.15, 0.2) is 24.5 Å². The summed E-state index contributed by atoms with van der Waals surface area (Å²) in [6.07, 6.45) is 3.77. The molecule has 0 aromatic carbocycles. The van der Waals surface area contributed by atoms with Crippen molar-refractivity contribution in [3.63, 3.8) is 0 Å². The fourth-order valence-corrected chi connectivity index (χ4v) is 2.72. The summed E-state index contributed by atoms with van der Waals surface area (Å²) >= 11 is 0. The third-order valence-corrected chi connectivity index (χ3v) is 3.31. The summed E-state index contributed by atoms with van der Waals surface area (Å²) in [5.41, 5.74) is 1.85. The fraction of sp³-hybridized carbons (Fsp3) is 0.455. The van der Waals surface area contributed by atoms with Crippen molar-refractivity contribution in [1.29, 1.82) is 0 Å². The van der Waals surface area contributed by atoms with Crippen molar-refractivity contribution in [2.45, 2.75) is 0 Å². The van der Waals surface area contributed by atoms with Gasteiger partial charge in [0.1, 0.15) is 0 Å². The van der Waals surface area contributed by atoms with Crippen LogP contribution in [0.3, 0.4) is 0 Å². The number of anilines is 1. The van der Waals surface area contributed by atoms with Crippen molar-refractivity contribution >= 4 is 5.69 Å². The summed E-state index contributed by atoms with van der Waals surface area (Å²) < 4.78 is 0. The number of pyridine rings is 1. The van der Waals surface area contributed by atoms with Crippen molar-refractivity contribution in [2.75, 3.05) is 31.1 Å². The van der Waals surface area contributed by atoms with Crippen molar-refractivity contribution in [3.05, 3.63) is 31.6 Å². The Morgan fingerprint density at radius 3 is 2.79 bits per heavy atom. The van der Waals surface area contributed by atoms with Crippen molar-refractivity contribution in [1.82, 2.24) is 4.98 Å². The van der Waals surface area contributed by atoms with E-state index >= 15 is 0 Å². The maximum atomic E-state index is 4.13. The van der Waals surface area contributed by atoms with Gasteiger partial charge in [0, 0.05) is 19.3 Å². The molecule has 1 spiro atoms. The number of aromatic nitrogens is 1. The first kappa shape index (κ1) is 8.24. The second kappa shape index (κ2) is 2.70. The standard InChI is InChI=1S/C11H15N3/c1-13-6-11(7-13)8-14(9-11)10-3-2-4-12-5-10/h2-5,13H,1,6-9H2. The third kappa shape index (κ3) is 1.12. The zero-order valence-corrected chi connectivity index (χ0v) is 8.24. The molecule has 2 saturated heterocycles. The van der Waals surface area contributed by atoms with Gasteiger partial charge in [-0.25, -0.2) is 0 Å². The number of nitrogens with zero attached hydrogens (tertiary/aromatic N) is 2. The molecule has 0 atom stereocenters. The molecule has 2 aliphatic rings. The highest BCUT2D eigenvalue weighted by atomic mass is 15.3. The number of likely N-dealkylation sites (tertiary alicyclic amines) is 1. The number of nitrogens with one attached hydrogen (secondary N) is 1. The number of quaternary nitrogens is 1. The van der Waals surface area contributed by atoms with Crippen LogP contribution in [0.5, 0.6) is 0 Å². The minimum atomic E-state index is 0.590. The zero-order chi connectivity index (χ0) is 9.60. The van der Waals surface area contributed by atoms with Gasteiger partial charge in [0.05, 0.1) is 30.4 Å². The molecule has 14 heavy (non-hydrogen) atoms. The molecule has 0 saturated carbocycles. The van der Waals surface area contributed by atoms with E-state index in [4.69, 9.17) is 0 Å². The van der Waals surface area contributed by atoms with Crippen LogP contribution < -0.4 is 9.80 Å². The first-order valence-corrected chi connectivity index (χ1v) is 5.09. The Kier molecular flexibility index (Phi) is 1.59.